The van der Waals surface area contributed by atoms with E-state index in [1.54, 1.807) is 0 Å². The van der Waals surface area contributed by atoms with Gasteiger partial charge in [-0.25, -0.2) is 0 Å². The van der Waals surface area contributed by atoms with E-state index in [9.17, 15) is 4.57 Å². The number of benzene rings is 2. The lowest BCUT2D eigenvalue weighted by molar-refractivity contribution is -0.174. The molecule has 2 aromatic carbocycles. The molecule has 7 nitrogen and oxygen atoms in total. The second kappa shape index (κ2) is 8.58. The second-order valence-electron chi connectivity index (χ2n) is 9.75. The van der Waals surface area contributed by atoms with Crippen LogP contribution in [-0.2, 0) is 34.6 Å². The van der Waals surface area contributed by atoms with E-state index in [4.69, 9.17) is 23.5 Å². The zero-order valence-corrected chi connectivity index (χ0v) is 20.4. The van der Waals surface area contributed by atoms with Gasteiger partial charge in [0.15, 0.2) is 11.6 Å². The first-order valence-electron chi connectivity index (χ1n) is 11.5. The number of nitrogens with one attached hydrogen (secondary N) is 1. The molecule has 0 saturated carbocycles. The molecule has 0 spiro atoms. The van der Waals surface area contributed by atoms with Crippen molar-refractivity contribution in [1.82, 2.24) is 5.32 Å². The van der Waals surface area contributed by atoms with Gasteiger partial charge in [0.05, 0.1) is 6.61 Å². The average Bonchev–Trinajstić information content (AvgIpc) is 3.31. The molecule has 3 heterocycles. The largest absolute Gasteiger partial charge is 0.348 e. The van der Waals surface area contributed by atoms with Gasteiger partial charge in [0, 0.05) is 11.8 Å². The van der Waals surface area contributed by atoms with Crippen LogP contribution in [0, 0.1) is 0 Å². The predicted octanol–water partition coefficient (Wildman–Crippen LogP) is 3.78. The Balaban J connectivity index is 1.53. The lowest BCUT2D eigenvalue weighted by Crippen LogP contribution is -2.58. The van der Waals surface area contributed by atoms with Crippen LogP contribution < -0.4 is 10.6 Å². The van der Waals surface area contributed by atoms with Crippen molar-refractivity contribution in [1.29, 1.82) is 0 Å². The summed E-state index contributed by atoms with van der Waals surface area (Å²) in [5.74, 6) is -2.17. The summed E-state index contributed by atoms with van der Waals surface area (Å²) in [6.45, 7) is 8.34. The van der Waals surface area contributed by atoms with E-state index < -0.39 is 49.1 Å². The molecule has 3 aliphatic heterocycles. The Morgan fingerprint density at radius 3 is 2.12 bits per heavy atom. The van der Waals surface area contributed by atoms with Crippen LogP contribution in [0.5, 0.6) is 0 Å². The molecule has 8 heteroatoms. The molecule has 0 aromatic heterocycles. The highest BCUT2D eigenvalue weighted by Gasteiger charge is 2.62. The normalized spacial score (nSPS) is 37.0. The van der Waals surface area contributed by atoms with E-state index in [0.717, 1.165) is 5.56 Å². The SMILES string of the molecule is CC1(C)O[C@H]2[C@@H]([C@H]3COC(C)(C)O3)O[P@@](=O)(c3ccccc3)[C@@H](NCc3ccccc3)[C@H]2O1. The number of hydrogen-bond donors (Lipinski definition) is 1. The number of fused-ring (bicyclic) bond motifs is 1. The van der Waals surface area contributed by atoms with E-state index >= 15 is 0 Å². The minimum absolute atomic E-state index is 0.335. The summed E-state index contributed by atoms with van der Waals surface area (Å²) in [7, 11) is -3.44. The fourth-order valence-corrected chi connectivity index (χ4v) is 7.61. The molecule has 1 N–H and O–H groups in total. The third-order valence-electron chi connectivity index (χ3n) is 6.31. The van der Waals surface area contributed by atoms with Gasteiger partial charge >= 0.3 is 0 Å². The molecule has 5 rings (SSSR count). The van der Waals surface area contributed by atoms with Gasteiger partial charge in [0.25, 0.3) is 7.37 Å². The van der Waals surface area contributed by atoms with Crippen molar-refractivity contribution in [2.75, 3.05) is 6.61 Å². The van der Waals surface area contributed by atoms with E-state index in [1.165, 1.54) is 0 Å². The van der Waals surface area contributed by atoms with Crippen molar-refractivity contribution in [3.8, 4) is 0 Å². The molecule has 0 unspecified atom stereocenters. The molecule has 0 aliphatic carbocycles. The Bertz CT molecular complexity index is 1010. The Morgan fingerprint density at radius 2 is 1.48 bits per heavy atom. The second-order valence-corrected chi connectivity index (χ2v) is 12.2. The lowest BCUT2D eigenvalue weighted by Gasteiger charge is -2.44. The Hall–Kier alpha value is -1.57. The summed E-state index contributed by atoms with van der Waals surface area (Å²) >= 11 is 0. The summed E-state index contributed by atoms with van der Waals surface area (Å²) in [5, 5.41) is 4.14. The van der Waals surface area contributed by atoms with Crippen molar-refractivity contribution < 1.29 is 28.0 Å². The Labute approximate surface area is 195 Å². The predicted molar refractivity (Wildman–Crippen MR) is 124 cm³/mol. The maximum absolute atomic E-state index is 14.8. The lowest BCUT2D eigenvalue weighted by atomic mass is 10.0. The molecular weight excluding hydrogens is 441 g/mol. The quantitative estimate of drug-likeness (QED) is 0.663. The van der Waals surface area contributed by atoms with Gasteiger partial charge in [-0.15, -0.1) is 0 Å². The molecule has 2 aromatic rings. The highest BCUT2D eigenvalue weighted by atomic mass is 31.2. The summed E-state index contributed by atoms with van der Waals surface area (Å²) in [5.41, 5.74) is 1.09. The molecule has 3 fully saturated rings. The first-order valence-corrected chi connectivity index (χ1v) is 13.1. The molecule has 6 atom stereocenters. The van der Waals surface area contributed by atoms with Gasteiger partial charge in [-0.2, -0.15) is 0 Å². The molecule has 178 valence electrons. The number of hydrogen-bond acceptors (Lipinski definition) is 7. The van der Waals surface area contributed by atoms with Gasteiger partial charge in [-0.05, 0) is 45.4 Å². The monoisotopic (exact) mass is 473 g/mol. The van der Waals surface area contributed by atoms with E-state index in [1.807, 2.05) is 88.4 Å². The van der Waals surface area contributed by atoms with Crippen molar-refractivity contribution in [2.45, 2.75) is 76.0 Å². The van der Waals surface area contributed by atoms with Gasteiger partial charge < -0.3 is 23.5 Å². The van der Waals surface area contributed by atoms with E-state index in [2.05, 4.69) is 5.32 Å². The van der Waals surface area contributed by atoms with Crippen LogP contribution >= 0.6 is 7.37 Å². The average molecular weight is 474 g/mol. The first-order chi connectivity index (χ1) is 15.7. The summed E-state index contributed by atoms with van der Waals surface area (Å²) in [6.07, 6.45) is -1.96. The van der Waals surface area contributed by atoms with Crippen LogP contribution in [0.1, 0.15) is 33.3 Å². The van der Waals surface area contributed by atoms with Gasteiger partial charge in [0.2, 0.25) is 0 Å². The van der Waals surface area contributed by atoms with Crippen LogP contribution in [0.15, 0.2) is 60.7 Å². The molecule has 0 amide bonds. The summed E-state index contributed by atoms with van der Waals surface area (Å²) in [6, 6.07) is 19.4. The third-order valence-corrected chi connectivity index (χ3v) is 9.10. The van der Waals surface area contributed by atoms with Crippen molar-refractivity contribution in [2.24, 2.45) is 0 Å². The maximum Gasteiger partial charge on any atom is 0.251 e. The number of rotatable bonds is 5. The highest BCUT2D eigenvalue weighted by Crippen LogP contribution is 2.60. The smallest absolute Gasteiger partial charge is 0.251 e. The zero-order chi connectivity index (χ0) is 23.3. The fourth-order valence-electron chi connectivity index (χ4n) is 4.88. The van der Waals surface area contributed by atoms with Gasteiger partial charge in [-0.3, -0.25) is 9.88 Å². The first kappa shape index (κ1) is 23.2. The summed E-state index contributed by atoms with van der Waals surface area (Å²) in [4.78, 5) is 0. The summed E-state index contributed by atoms with van der Waals surface area (Å²) < 4.78 is 45.9. The van der Waals surface area contributed by atoms with Crippen LogP contribution in [0.3, 0.4) is 0 Å². The molecule has 3 aliphatic rings. The Kier molecular flexibility index (Phi) is 6.03. The zero-order valence-electron chi connectivity index (χ0n) is 19.5. The Morgan fingerprint density at radius 1 is 0.848 bits per heavy atom. The maximum atomic E-state index is 14.8. The van der Waals surface area contributed by atoms with E-state index in [-0.39, 0.29) is 0 Å². The van der Waals surface area contributed by atoms with Crippen molar-refractivity contribution >= 4 is 12.7 Å². The molecular formula is C25H32NO6P. The van der Waals surface area contributed by atoms with E-state index in [0.29, 0.717) is 18.5 Å². The van der Waals surface area contributed by atoms with Crippen molar-refractivity contribution in [3.63, 3.8) is 0 Å². The van der Waals surface area contributed by atoms with Crippen molar-refractivity contribution in [3.05, 3.63) is 66.2 Å². The number of ether oxygens (including phenoxy) is 4. The van der Waals surface area contributed by atoms with Crippen LogP contribution in [0.4, 0.5) is 0 Å². The molecule has 0 bridgehead atoms. The van der Waals surface area contributed by atoms with Gasteiger partial charge in [0.1, 0.15) is 30.2 Å². The van der Waals surface area contributed by atoms with Crippen LogP contribution in [0.2, 0.25) is 0 Å². The minimum atomic E-state index is -3.44. The molecule has 0 radical (unpaired) electrons. The topological polar surface area (TPSA) is 75.2 Å². The third kappa shape index (κ3) is 4.56. The van der Waals surface area contributed by atoms with Crippen LogP contribution in [0.25, 0.3) is 0 Å². The minimum Gasteiger partial charge on any atom is -0.348 e. The molecule has 3 saturated heterocycles. The van der Waals surface area contributed by atoms with Gasteiger partial charge in [-0.1, -0.05) is 48.5 Å². The fraction of sp³-hybridized carbons (Fsp3) is 0.520. The van der Waals surface area contributed by atoms with Crippen LogP contribution in [-0.4, -0.2) is 48.4 Å². The standard InChI is InChI=1S/C25H32NO6P/c1-24(2)28-16-19(29-24)20-21-22(31-25(3,4)30-21)23(26-15-17-11-7-5-8-12-17)33(27,32-20)18-13-9-6-10-14-18/h5-14,19-23,26H,15-16H2,1-4H3/t19-,20-,21+,22+,23-,33+/m1/s1. The highest BCUT2D eigenvalue weighted by molar-refractivity contribution is 7.67. The molecule has 33 heavy (non-hydrogen) atoms.